The van der Waals surface area contributed by atoms with Crippen LogP contribution in [-0.4, -0.2) is 13.1 Å². The molecule has 1 aromatic heterocycles. The molecule has 0 aromatic carbocycles. The van der Waals surface area contributed by atoms with E-state index in [2.05, 4.69) is 59.7 Å². The number of rotatable bonds is 6. The Balaban J connectivity index is 2.69. The molecule has 1 atom stereocenters. The van der Waals surface area contributed by atoms with E-state index in [-0.39, 0.29) is 5.97 Å². The average molecular weight is 458 g/mol. The predicted octanol–water partition coefficient (Wildman–Crippen LogP) is 5.08. The summed E-state index contributed by atoms with van der Waals surface area (Å²) in [6.45, 7) is 2.10. The number of halogens is 3. The number of pyridine rings is 1. The minimum Gasteiger partial charge on any atom is -0.454 e. The zero-order valence-corrected chi connectivity index (χ0v) is 15.4. The number of unbranched alkanes of at least 4 members (excludes halogenated alkanes) is 2. The number of ether oxygens (including phenoxy) is 1. The maximum absolute atomic E-state index is 11.8. The summed E-state index contributed by atoms with van der Waals surface area (Å²) in [7, 11) is 0. The second kappa shape index (κ2) is 8.37. The molecule has 0 spiro atoms. The van der Waals surface area contributed by atoms with Crippen LogP contribution < -0.4 is 0 Å². The molecule has 1 heterocycles. The van der Waals surface area contributed by atoms with Crippen LogP contribution in [0.15, 0.2) is 24.5 Å². The van der Waals surface area contributed by atoms with E-state index < -0.39 is 8.25 Å². The number of hydrogen-bond donors (Lipinski definition) is 0. The molecule has 0 aliphatic heterocycles. The molecule has 0 N–H and O–H groups in total. The van der Waals surface area contributed by atoms with Crippen LogP contribution in [0, 0.1) is 0 Å². The van der Waals surface area contributed by atoms with Gasteiger partial charge in [-0.2, -0.15) is 0 Å². The SMILES string of the molecule is CCCCCC(=O)OC(c1cccnc1)C(Br)(Br)Br. The summed E-state index contributed by atoms with van der Waals surface area (Å²) < 4.78 is 4.83. The van der Waals surface area contributed by atoms with Gasteiger partial charge >= 0.3 is 5.97 Å². The molecule has 0 aliphatic rings. The van der Waals surface area contributed by atoms with Crippen molar-refractivity contribution in [2.45, 2.75) is 40.9 Å². The largest absolute Gasteiger partial charge is 0.454 e. The number of hydrogen-bond acceptors (Lipinski definition) is 3. The zero-order chi connectivity index (χ0) is 14.3. The lowest BCUT2D eigenvalue weighted by atomic mass is 10.2. The lowest BCUT2D eigenvalue weighted by Crippen LogP contribution is -2.22. The summed E-state index contributed by atoms with van der Waals surface area (Å²) in [4.78, 5) is 15.9. The number of alkyl halides is 3. The molecule has 0 fully saturated rings. The Morgan fingerprint density at radius 1 is 1.42 bits per heavy atom. The molecule has 19 heavy (non-hydrogen) atoms. The van der Waals surface area contributed by atoms with Gasteiger partial charge in [-0.15, -0.1) is 0 Å². The Morgan fingerprint density at radius 2 is 2.16 bits per heavy atom. The van der Waals surface area contributed by atoms with Crippen molar-refractivity contribution in [3.05, 3.63) is 30.1 Å². The van der Waals surface area contributed by atoms with Gasteiger partial charge in [0, 0.05) is 24.4 Å². The van der Waals surface area contributed by atoms with Gasteiger partial charge in [-0.1, -0.05) is 73.6 Å². The number of esters is 1. The highest BCUT2D eigenvalue weighted by atomic mass is 80.0. The standard InChI is InChI=1S/C13H16Br3NO2/c1-2-3-4-7-11(18)19-12(13(14,15)16)10-6-5-8-17-9-10/h5-6,8-9,12H,2-4,7H2,1H3. The van der Waals surface area contributed by atoms with Crippen LogP contribution >= 0.6 is 47.8 Å². The van der Waals surface area contributed by atoms with Gasteiger partial charge in [0.05, 0.1) is 0 Å². The highest BCUT2D eigenvalue weighted by molar-refractivity contribution is 9.39. The van der Waals surface area contributed by atoms with Crippen LogP contribution in [0.25, 0.3) is 0 Å². The first kappa shape index (κ1) is 17.1. The fourth-order valence-corrected chi connectivity index (χ4v) is 2.64. The maximum atomic E-state index is 11.8. The van der Waals surface area contributed by atoms with Gasteiger partial charge in [-0.05, 0) is 12.5 Å². The van der Waals surface area contributed by atoms with Gasteiger partial charge in [0.1, 0.15) is 0 Å². The Morgan fingerprint density at radius 3 is 2.68 bits per heavy atom. The van der Waals surface area contributed by atoms with Gasteiger partial charge in [-0.3, -0.25) is 9.78 Å². The first-order chi connectivity index (χ1) is 8.95. The molecule has 106 valence electrons. The number of carbonyl (C=O) groups is 1. The fourth-order valence-electron chi connectivity index (χ4n) is 1.56. The first-order valence-corrected chi connectivity index (χ1v) is 8.49. The van der Waals surface area contributed by atoms with E-state index in [1.165, 1.54) is 0 Å². The van der Waals surface area contributed by atoms with E-state index in [1.807, 2.05) is 12.1 Å². The van der Waals surface area contributed by atoms with Gasteiger partial charge in [-0.25, -0.2) is 0 Å². The van der Waals surface area contributed by atoms with Gasteiger partial charge < -0.3 is 4.74 Å². The number of aromatic nitrogens is 1. The minimum absolute atomic E-state index is 0.204. The van der Waals surface area contributed by atoms with Crippen molar-refractivity contribution in [1.82, 2.24) is 4.98 Å². The number of nitrogens with zero attached hydrogens (tertiary/aromatic N) is 1. The average Bonchev–Trinajstić information content (AvgIpc) is 2.36. The van der Waals surface area contributed by atoms with E-state index in [0.29, 0.717) is 6.42 Å². The van der Waals surface area contributed by atoms with Crippen molar-refractivity contribution in [1.29, 1.82) is 0 Å². The van der Waals surface area contributed by atoms with Crippen molar-refractivity contribution in [2.75, 3.05) is 0 Å². The molecule has 0 radical (unpaired) electrons. The third-order valence-electron chi connectivity index (χ3n) is 2.52. The zero-order valence-electron chi connectivity index (χ0n) is 10.6. The molecule has 0 amide bonds. The second-order valence-electron chi connectivity index (χ2n) is 4.15. The Bertz CT molecular complexity index is 393. The quantitative estimate of drug-likeness (QED) is 0.339. The lowest BCUT2D eigenvalue weighted by molar-refractivity contribution is -0.149. The molecule has 0 saturated carbocycles. The molecule has 3 nitrogen and oxygen atoms in total. The summed E-state index contributed by atoms with van der Waals surface area (Å²) in [5.74, 6) is -0.204. The Hall–Kier alpha value is 0.0600. The monoisotopic (exact) mass is 455 g/mol. The normalized spacial score (nSPS) is 13.1. The van der Waals surface area contributed by atoms with Gasteiger partial charge in [0.2, 0.25) is 0 Å². The molecule has 1 unspecified atom stereocenters. The van der Waals surface area contributed by atoms with E-state index >= 15 is 0 Å². The maximum Gasteiger partial charge on any atom is 0.306 e. The molecule has 6 heteroatoms. The second-order valence-corrected chi connectivity index (χ2v) is 11.1. The Labute approximate surface area is 138 Å². The van der Waals surface area contributed by atoms with Crippen LogP contribution in [0.1, 0.15) is 44.3 Å². The summed E-state index contributed by atoms with van der Waals surface area (Å²) in [5.41, 5.74) is 0.817. The van der Waals surface area contributed by atoms with Crippen LogP contribution in [-0.2, 0) is 9.53 Å². The van der Waals surface area contributed by atoms with Gasteiger partial charge in [0.15, 0.2) is 8.25 Å². The highest BCUT2D eigenvalue weighted by Crippen LogP contribution is 2.47. The summed E-state index contributed by atoms with van der Waals surface area (Å²) in [6, 6.07) is 3.68. The van der Waals surface area contributed by atoms with E-state index in [9.17, 15) is 4.79 Å². The third kappa shape index (κ3) is 6.36. The van der Waals surface area contributed by atoms with Gasteiger partial charge in [0.25, 0.3) is 0 Å². The molecular weight excluding hydrogens is 442 g/mol. The topological polar surface area (TPSA) is 39.2 Å². The van der Waals surface area contributed by atoms with E-state index in [4.69, 9.17) is 4.74 Å². The van der Waals surface area contributed by atoms with Crippen LogP contribution in [0.3, 0.4) is 0 Å². The molecule has 0 bridgehead atoms. The van der Waals surface area contributed by atoms with Crippen molar-refractivity contribution >= 4 is 53.8 Å². The lowest BCUT2D eigenvalue weighted by Gasteiger charge is -2.25. The summed E-state index contributed by atoms with van der Waals surface area (Å²) in [5, 5.41) is 0. The molecule has 0 aliphatic carbocycles. The van der Waals surface area contributed by atoms with Crippen LogP contribution in [0.2, 0.25) is 0 Å². The smallest absolute Gasteiger partial charge is 0.306 e. The summed E-state index contributed by atoms with van der Waals surface area (Å²) >= 11 is 10.3. The minimum atomic E-state index is -0.698. The predicted molar refractivity (Wildman–Crippen MR) is 86.7 cm³/mol. The third-order valence-corrected chi connectivity index (χ3v) is 3.77. The van der Waals surface area contributed by atoms with Crippen molar-refractivity contribution in [2.24, 2.45) is 0 Å². The highest BCUT2D eigenvalue weighted by Gasteiger charge is 2.35. The number of carbonyl (C=O) groups excluding carboxylic acids is 1. The van der Waals surface area contributed by atoms with Crippen molar-refractivity contribution in [3.63, 3.8) is 0 Å². The molecular formula is C13H16Br3NO2. The van der Waals surface area contributed by atoms with Crippen LogP contribution in [0.5, 0.6) is 0 Å². The summed E-state index contributed by atoms with van der Waals surface area (Å²) in [6.07, 6.45) is 6.29. The molecule has 1 aromatic rings. The molecule has 1 rings (SSSR count). The van der Waals surface area contributed by atoms with Crippen LogP contribution in [0.4, 0.5) is 0 Å². The van der Waals surface area contributed by atoms with Crippen molar-refractivity contribution < 1.29 is 9.53 Å². The van der Waals surface area contributed by atoms with Crippen molar-refractivity contribution in [3.8, 4) is 0 Å². The molecule has 0 saturated heterocycles. The Kier molecular flexibility index (Phi) is 7.54. The van der Waals surface area contributed by atoms with E-state index in [0.717, 1.165) is 24.8 Å². The van der Waals surface area contributed by atoms with E-state index in [1.54, 1.807) is 12.4 Å². The fraction of sp³-hybridized carbons (Fsp3) is 0.538. The first-order valence-electron chi connectivity index (χ1n) is 6.11.